The number of benzene rings is 2. The Labute approximate surface area is 187 Å². The first-order valence-corrected chi connectivity index (χ1v) is 10.7. The summed E-state index contributed by atoms with van der Waals surface area (Å²) in [6.45, 7) is 0. The molecule has 2 heterocycles. The smallest absolute Gasteiger partial charge is 0.374 e. The lowest BCUT2D eigenvalue weighted by Crippen LogP contribution is -2.17. The van der Waals surface area contributed by atoms with Gasteiger partial charge in [-0.05, 0) is 24.1 Å². The van der Waals surface area contributed by atoms with Gasteiger partial charge in [0.15, 0.2) is 10.9 Å². The average Bonchev–Trinajstić information content (AvgIpc) is 3.10. The van der Waals surface area contributed by atoms with Crippen molar-refractivity contribution in [1.29, 1.82) is 0 Å². The van der Waals surface area contributed by atoms with E-state index < -0.39 is 35.6 Å². The van der Waals surface area contributed by atoms with Crippen molar-refractivity contribution in [3.63, 3.8) is 0 Å². The lowest BCUT2D eigenvalue weighted by atomic mass is 9.94. The molecular formula is C21H16F5N5OS. The number of halogens is 5. The maximum absolute atomic E-state index is 15.3. The molecule has 0 unspecified atom stereocenters. The molecular weight excluding hydrogens is 465 g/mol. The van der Waals surface area contributed by atoms with Crippen LogP contribution in [0.1, 0.15) is 12.0 Å². The Balaban J connectivity index is 1.67. The lowest BCUT2D eigenvalue weighted by Gasteiger charge is -2.21. The number of hydrogen-bond acceptors (Lipinski definition) is 5. The molecule has 33 heavy (non-hydrogen) atoms. The number of nitrogens with zero attached hydrogens (tertiary/aromatic N) is 3. The fourth-order valence-electron chi connectivity index (χ4n) is 3.88. The molecule has 2 aromatic heterocycles. The third-order valence-corrected chi connectivity index (χ3v) is 6.44. The second kappa shape index (κ2) is 7.37. The van der Waals surface area contributed by atoms with Gasteiger partial charge in [0, 0.05) is 25.0 Å². The molecule has 5 rings (SSSR count). The van der Waals surface area contributed by atoms with Crippen molar-refractivity contribution in [3.8, 4) is 11.1 Å². The molecule has 1 aliphatic carbocycles. The number of alkyl halides is 4. The minimum atomic E-state index is -4.97. The molecule has 4 aromatic rings. The summed E-state index contributed by atoms with van der Waals surface area (Å²) in [5, 5.41) is 9.32. The minimum absolute atomic E-state index is 0.118. The Bertz CT molecular complexity index is 1410. The summed E-state index contributed by atoms with van der Waals surface area (Å²) in [6.07, 6.45) is -4.73. The average molecular weight is 481 g/mol. The lowest BCUT2D eigenvalue weighted by molar-refractivity contribution is -0.139. The Morgan fingerprint density at radius 2 is 2.03 bits per heavy atom. The van der Waals surface area contributed by atoms with Crippen LogP contribution in [0.3, 0.4) is 0 Å². The highest BCUT2D eigenvalue weighted by Gasteiger charge is 2.44. The van der Waals surface area contributed by atoms with Crippen LogP contribution in [0, 0.1) is 11.7 Å². The number of H-pyrrole nitrogens is 1. The van der Waals surface area contributed by atoms with Crippen LogP contribution in [0.2, 0.25) is 0 Å². The van der Waals surface area contributed by atoms with Crippen molar-refractivity contribution in [2.24, 2.45) is 5.92 Å². The number of aromatic amines is 1. The number of carbonyl (C=O) groups excluding carboxylic acids is 1. The van der Waals surface area contributed by atoms with Crippen LogP contribution in [-0.4, -0.2) is 41.4 Å². The minimum Gasteiger partial charge on any atom is -0.374 e. The zero-order valence-corrected chi connectivity index (χ0v) is 18.0. The van der Waals surface area contributed by atoms with Gasteiger partial charge < -0.3 is 10.2 Å². The summed E-state index contributed by atoms with van der Waals surface area (Å²) < 4.78 is 71.1. The summed E-state index contributed by atoms with van der Waals surface area (Å²) >= 11 is 1.04. The normalized spacial score (nSPS) is 18.2. The van der Waals surface area contributed by atoms with Gasteiger partial charge in [0.25, 0.3) is 0 Å². The topological polar surface area (TPSA) is 73.9 Å². The Hall–Kier alpha value is -3.28. The van der Waals surface area contributed by atoms with E-state index >= 15 is 4.39 Å². The number of anilines is 2. The van der Waals surface area contributed by atoms with Crippen LogP contribution in [0.5, 0.6) is 0 Å². The SMILES string of the molecule is CN(C)c1c(F)c(C(F)(F)F)c(-c2ccc3nc(NC(=O)[C@@H]4C[C@@H]4F)sc3c2)c2cn[nH]c12. The highest BCUT2D eigenvalue weighted by Crippen LogP contribution is 2.47. The molecule has 1 fully saturated rings. The molecule has 2 N–H and O–H groups in total. The Morgan fingerprint density at radius 3 is 2.67 bits per heavy atom. The molecule has 12 heteroatoms. The van der Waals surface area contributed by atoms with Gasteiger partial charge in [0.1, 0.15) is 11.7 Å². The van der Waals surface area contributed by atoms with Crippen LogP contribution in [0.15, 0.2) is 24.4 Å². The molecule has 1 saturated carbocycles. The number of hydrogen-bond donors (Lipinski definition) is 2. The highest BCUT2D eigenvalue weighted by molar-refractivity contribution is 7.22. The zero-order valence-electron chi connectivity index (χ0n) is 17.2. The molecule has 1 amide bonds. The van der Waals surface area contributed by atoms with Crippen molar-refractivity contribution in [2.45, 2.75) is 18.8 Å². The maximum atomic E-state index is 15.3. The second-order valence-electron chi connectivity index (χ2n) is 8.01. The van der Waals surface area contributed by atoms with Gasteiger partial charge in [0.2, 0.25) is 5.91 Å². The molecule has 1 aliphatic rings. The zero-order chi connectivity index (χ0) is 23.7. The summed E-state index contributed by atoms with van der Waals surface area (Å²) in [7, 11) is 2.90. The van der Waals surface area contributed by atoms with Gasteiger partial charge in [-0.2, -0.15) is 18.3 Å². The number of aromatic nitrogens is 3. The van der Waals surface area contributed by atoms with Crippen LogP contribution < -0.4 is 10.2 Å². The quantitative estimate of drug-likeness (QED) is 0.385. The van der Waals surface area contributed by atoms with E-state index in [1.807, 2.05) is 0 Å². The number of rotatable bonds is 4. The number of nitrogens with one attached hydrogen (secondary N) is 2. The number of amides is 1. The van der Waals surface area contributed by atoms with E-state index in [2.05, 4.69) is 20.5 Å². The fraction of sp³-hybridized carbons (Fsp3) is 0.286. The first-order chi connectivity index (χ1) is 15.6. The van der Waals surface area contributed by atoms with Crippen LogP contribution in [-0.2, 0) is 11.0 Å². The number of carbonyl (C=O) groups is 1. The van der Waals surface area contributed by atoms with Gasteiger partial charge in [0.05, 0.1) is 33.5 Å². The Morgan fingerprint density at radius 1 is 1.30 bits per heavy atom. The van der Waals surface area contributed by atoms with E-state index in [1.165, 1.54) is 43.4 Å². The first-order valence-electron chi connectivity index (χ1n) is 9.85. The summed E-state index contributed by atoms with van der Waals surface area (Å²) in [5.41, 5.74) is -1.27. The van der Waals surface area contributed by atoms with Gasteiger partial charge in [-0.25, -0.2) is 13.8 Å². The molecule has 0 spiro atoms. The van der Waals surface area contributed by atoms with E-state index in [0.717, 1.165) is 11.3 Å². The fourth-order valence-corrected chi connectivity index (χ4v) is 4.79. The largest absolute Gasteiger partial charge is 0.419 e. The highest BCUT2D eigenvalue weighted by atomic mass is 32.1. The standard InChI is InChI=1S/C21H16F5N5OS/c1-31(2)18-16(23)15(21(24,25)26)14(10-7-27-30-17(10)18)8-3-4-12-13(5-8)33-20(28-12)29-19(32)9-6-11(9)22/h3-5,7,9,11H,6H2,1-2H3,(H,27,30)(H,28,29,32)/t9-,11+/m1/s1. The monoisotopic (exact) mass is 481 g/mol. The van der Waals surface area contributed by atoms with Gasteiger partial charge >= 0.3 is 6.18 Å². The third kappa shape index (κ3) is 3.58. The molecule has 0 saturated heterocycles. The van der Waals surface area contributed by atoms with Crippen LogP contribution in [0.4, 0.5) is 32.8 Å². The van der Waals surface area contributed by atoms with Crippen LogP contribution in [0.25, 0.3) is 32.2 Å². The summed E-state index contributed by atoms with van der Waals surface area (Å²) in [5.74, 6) is -2.58. The second-order valence-corrected chi connectivity index (χ2v) is 9.04. The van der Waals surface area contributed by atoms with E-state index in [4.69, 9.17) is 0 Å². The van der Waals surface area contributed by atoms with Crippen molar-refractivity contribution in [2.75, 3.05) is 24.3 Å². The van der Waals surface area contributed by atoms with Crippen LogP contribution >= 0.6 is 11.3 Å². The third-order valence-electron chi connectivity index (χ3n) is 5.51. The van der Waals surface area contributed by atoms with Gasteiger partial charge in [-0.15, -0.1) is 0 Å². The van der Waals surface area contributed by atoms with Gasteiger partial charge in [-0.3, -0.25) is 9.89 Å². The molecule has 0 bridgehead atoms. The van der Waals surface area contributed by atoms with Crippen molar-refractivity contribution in [1.82, 2.24) is 15.2 Å². The molecule has 2 aromatic carbocycles. The molecule has 172 valence electrons. The number of thiazole rings is 1. The van der Waals surface area contributed by atoms with E-state index in [9.17, 15) is 22.4 Å². The van der Waals surface area contributed by atoms with E-state index in [-0.39, 0.29) is 39.3 Å². The predicted octanol–water partition coefficient (Wildman–Crippen LogP) is 5.36. The summed E-state index contributed by atoms with van der Waals surface area (Å²) in [6, 6.07) is 4.37. The maximum Gasteiger partial charge on any atom is 0.419 e. The van der Waals surface area contributed by atoms with Crippen molar-refractivity contribution in [3.05, 3.63) is 35.8 Å². The molecule has 0 aliphatic heterocycles. The Kier molecular flexibility index (Phi) is 4.82. The summed E-state index contributed by atoms with van der Waals surface area (Å²) in [4.78, 5) is 17.5. The van der Waals surface area contributed by atoms with Crippen molar-refractivity contribution < 1.29 is 26.7 Å². The predicted molar refractivity (Wildman–Crippen MR) is 116 cm³/mol. The molecule has 0 radical (unpaired) electrons. The molecule has 6 nitrogen and oxygen atoms in total. The van der Waals surface area contributed by atoms with Gasteiger partial charge in [-0.1, -0.05) is 17.4 Å². The van der Waals surface area contributed by atoms with Crippen molar-refractivity contribution >= 4 is 49.2 Å². The molecule has 2 atom stereocenters. The number of fused-ring (bicyclic) bond motifs is 2. The van der Waals surface area contributed by atoms with E-state index in [0.29, 0.717) is 10.2 Å². The van der Waals surface area contributed by atoms with E-state index in [1.54, 1.807) is 0 Å². The first kappa shape index (κ1) is 21.6.